The van der Waals surface area contributed by atoms with Crippen LogP contribution in [0.4, 0.5) is 5.13 Å². The number of rotatable bonds is 5. The van der Waals surface area contributed by atoms with Gasteiger partial charge < -0.3 is 11.1 Å². The zero-order valence-electron chi connectivity index (χ0n) is 8.99. The number of anilines is 1. The van der Waals surface area contributed by atoms with Crippen LogP contribution in [0, 0.1) is 12.8 Å². The maximum Gasteiger partial charge on any atom is 0.230 e. The average molecular weight is 228 g/mol. The van der Waals surface area contributed by atoms with Crippen molar-refractivity contribution in [1.29, 1.82) is 0 Å². The van der Waals surface area contributed by atoms with Gasteiger partial charge in [0.1, 0.15) is 5.01 Å². The van der Waals surface area contributed by atoms with E-state index < -0.39 is 0 Å². The van der Waals surface area contributed by atoms with Crippen molar-refractivity contribution in [3.63, 3.8) is 0 Å². The van der Waals surface area contributed by atoms with Crippen molar-refractivity contribution in [3.05, 3.63) is 5.01 Å². The summed E-state index contributed by atoms with van der Waals surface area (Å²) in [4.78, 5) is 11.7. The van der Waals surface area contributed by atoms with Gasteiger partial charge in [0, 0.05) is 6.54 Å². The van der Waals surface area contributed by atoms with Crippen LogP contribution in [-0.2, 0) is 4.79 Å². The molecule has 84 valence electrons. The lowest BCUT2D eigenvalue weighted by Gasteiger charge is -2.11. The predicted molar refractivity (Wildman–Crippen MR) is 60.7 cm³/mol. The second-order valence-electron chi connectivity index (χ2n) is 3.34. The third-order valence-corrected chi connectivity index (χ3v) is 2.80. The Morgan fingerprint density at radius 3 is 2.80 bits per heavy atom. The molecule has 0 saturated heterocycles. The van der Waals surface area contributed by atoms with E-state index in [9.17, 15) is 4.79 Å². The van der Waals surface area contributed by atoms with Gasteiger partial charge in [-0.2, -0.15) is 0 Å². The fourth-order valence-corrected chi connectivity index (χ4v) is 1.85. The molecule has 1 aromatic heterocycles. The van der Waals surface area contributed by atoms with Gasteiger partial charge in [-0.1, -0.05) is 24.7 Å². The highest BCUT2D eigenvalue weighted by atomic mass is 32.1. The maximum atomic E-state index is 11.7. The van der Waals surface area contributed by atoms with E-state index in [-0.39, 0.29) is 11.8 Å². The molecule has 1 unspecified atom stereocenters. The highest BCUT2D eigenvalue weighted by molar-refractivity contribution is 7.15. The third-order valence-electron chi connectivity index (χ3n) is 2.05. The minimum Gasteiger partial charge on any atom is -0.330 e. The highest BCUT2D eigenvalue weighted by Gasteiger charge is 2.16. The van der Waals surface area contributed by atoms with Gasteiger partial charge in [-0.15, -0.1) is 10.2 Å². The van der Waals surface area contributed by atoms with Gasteiger partial charge in [0.2, 0.25) is 11.0 Å². The van der Waals surface area contributed by atoms with E-state index in [0.717, 1.165) is 17.8 Å². The van der Waals surface area contributed by atoms with E-state index >= 15 is 0 Å². The summed E-state index contributed by atoms with van der Waals surface area (Å²) in [7, 11) is 0. The van der Waals surface area contributed by atoms with E-state index in [4.69, 9.17) is 5.73 Å². The van der Waals surface area contributed by atoms with Crippen molar-refractivity contribution in [2.24, 2.45) is 11.7 Å². The molecule has 3 N–H and O–H groups in total. The minimum absolute atomic E-state index is 0.0597. The van der Waals surface area contributed by atoms with Gasteiger partial charge in [0.05, 0.1) is 5.92 Å². The summed E-state index contributed by atoms with van der Waals surface area (Å²) in [6, 6.07) is 0. The Balaban J connectivity index is 2.53. The van der Waals surface area contributed by atoms with Crippen molar-refractivity contribution >= 4 is 22.4 Å². The zero-order valence-corrected chi connectivity index (χ0v) is 9.80. The molecule has 1 aromatic rings. The molecule has 0 saturated carbocycles. The molecule has 0 aliphatic heterocycles. The van der Waals surface area contributed by atoms with Crippen LogP contribution in [0.3, 0.4) is 0 Å². The third kappa shape index (κ3) is 3.56. The summed E-state index contributed by atoms with van der Waals surface area (Å²) in [5, 5.41) is 11.8. The molecule has 15 heavy (non-hydrogen) atoms. The molecule has 0 radical (unpaired) electrons. The summed E-state index contributed by atoms with van der Waals surface area (Å²) in [5.41, 5.74) is 5.53. The number of nitrogens with one attached hydrogen (secondary N) is 1. The molecule has 5 nitrogen and oxygen atoms in total. The monoisotopic (exact) mass is 228 g/mol. The van der Waals surface area contributed by atoms with Gasteiger partial charge in [-0.25, -0.2) is 0 Å². The number of nitrogens with two attached hydrogens (primary N) is 1. The number of aromatic nitrogens is 2. The van der Waals surface area contributed by atoms with E-state index in [1.54, 1.807) is 0 Å². The number of aryl methyl sites for hydroxylation is 1. The molecule has 1 atom stereocenters. The summed E-state index contributed by atoms with van der Waals surface area (Å²) in [6.45, 7) is 4.25. The van der Waals surface area contributed by atoms with Crippen LogP contribution in [0.25, 0.3) is 0 Å². The summed E-state index contributed by atoms with van der Waals surface area (Å²) in [6.07, 6.45) is 1.75. The van der Waals surface area contributed by atoms with E-state index in [1.165, 1.54) is 11.3 Å². The maximum absolute atomic E-state index is 11.7. The van der Waals surface area contributed by atoms with E-state index in [2.05, 4.69) is 15.5 Å². The van der Waals surface area contributed by atoms with Gasteiger partial charge in [0.15, 0.2) is 0 Å². The SMILES string of the molecule is CCCC(CN)C(=O)Nc1nnc(C)s1. The molecule has 6 heteroatoms. The highest BCUT2D eigenvalue weighted by Crippen LogP contribution is 2.15. The van der Waals surface area contributed by atoms with Crippen molar-refractivity contribution in [3.8, 4) is 0 Å². The van der Waals surface area contributed by atoms with Crippen LogP contribution in [0.5, 0.6) is 0 Å². The quantitative estimate of drug-likeness (QED) is 0.792. The summed E-state index contributed by atoms with van der Waals surface area (Å²) in [5.74, 6) is -0.185. The Bertz CT molecular complexity index is 326. The Hall–Kier alpha value is -1.01. The van der Waals surface area contributed by atoms with Crippen LogP contribution in [0.15, 0.2) is 0 Å². The van der Waals surface area contributed by atoms with Crippen molar-refractivity contribution < 1.29 is 4.79 Å². The summed E-state index contributed by atoms with van der Waals surface area (Å²) < 4.78 is 0. The van der Waals surface area contributed by atoms with Gasteiger partial charge >= 0.3 is 0 Å². The smallest absolute Gasteiger partial charge is 0.230 e. The van der Waals surface area contributed by atoms with Crippen molar-refractivity contribution in [1.82, 2.24) is 10.2 Å². The molecule has 0 fully saturated rings. The molecule has 1 rings (SSSR count). The Morgan fingerprint density at radius 1 is 1.60 bits per heavy atom. The molecular weight excluding hydrogens is 212 g/mol. The minimum atomic E-state index is -0.126. The first-order chi connectivity index (χ1) is 7.17. The number of hydrogen-bond donors (Lipinski definition) is 2. The van der Waals surface area contributed by atoms with Crippen LogP contribution in [0.1, 0.15) is 24.8 Å². The van der Waals surface area contributed by atoms with Crippen LogP contribution in [0.2, 0.25) is 0 Å². The van der Waals surface area contributed by atoms with Crippen molar-refractivity contribution in [2.75, 3.05) is 11.9 Å². The fourth-order valence-electron chi connectivity index (χ4n) is 1.26. The van der Waals surface area contributed by atoms with Crippen molar-refractivity contribution in [2.45, 2.75) is 26.7 Å². The van der Waals surface area contributed by atoms with Crippen LogP contribution < -0.4 is 11.1 Å². The lowest BCUT2D eigenvalue weighted by atomic mass is 10.0. The first kappa shape index (κ1) is 12.1. The molecule has 1 heterocycles. The number of amides is 1. The van der Waals surface area contributed by atoms with Gasteiger partial charge in [0.25, 0.3) is 0 Å². The molecule has 0 bridgehead atoms. The van der Waals surface area contributed by atoms with E-state index in [0.29, 0.717) is 11.7 Å². The van der Waals surface area contributed by atoms with Crippen LogP contribution >= 0.6 is 11.3 Å². The van der Waals surface area contributed by atoms with Gasteiger partial charge in [-0.3, -0.25) is 4.79 Å². The number of hydrogen-bond acceptors (Lipinski definition) is 5. The average Bonchev–Trinajstić information content (AvgIpc) is 2.60. The topological polar surface area (TPSA) is 80.9 Å². The molecule has 0 aliphatic rings. The molecule has 1 amide bonds. The fraction of sp³-hybridized carbons (Fsp3) is 0.667. The second kappa shape index (κ2) is 5.77. The normalized spacial score (nSPS) is 12.5. The first-order valence-corrected chi connectivity index (χ1v) is 5.80. The lowest BCUT2D eigenvalue weighted by Crippen LogP contribution is -2.29. The molecule has 0 aliphatic carbocycles. The molecule has 0 spiro atoms. The number of carbonyl (C=O) groups excluding carboxylic acids is 1. The Labute approximate surface area is 93.1 Å². The molecular formula is C9H16N4OS. The largest absolute Gasteiger partial charge is 0.330 e. The molecule has 0 aromatic carbocycles. The summed E-state index contributed by atoms with van der Waals surface area (Å²) >= 11 is 1.37. The number of carbonyl (C=O) groups is 1. The first-order valence-electron chi connectivity index (χ1n) is 4.98. The van der Waals surface area contributed by atoms with Gasteiger partial charge in [-0.05, 0) is 13.3 Å². The zero-order chi connectivity index (χ0) is 11.3. The standard InChI is InChI=1S/C9H16N4OS/c1-3-4-7(5-10)8(14)11-9-13-12-6(2)15-9/h7H,3-5,10H2,1-2H3,(H,11,13,14). The number of nitrogens with zero attached hydrogens (tertiary/aromatic N) is 2. The predicted octanol–water partition coefficient (Wildman–Crippen LogP) is 1.16. The van der Waals surface area contributed by atoms with Crippen LogP contribution in [-0.4, -0.2) is 22.6 Å². The Morgan fingerprint density at radius 2 is 2.33 bits per heavy atom. The second-order valence-corrected chi connectivity index (χ2v) is 4.52. The Kier molecular flexibility index (Phi) is 4.64. The lowest BCUT2D eigenvalue weighted by molar-refractivity contribution is -0.119. The van der Waals surface area contributed by atoms with E-state index in [1.807, 2.05) is 13.8 Å².